The molecule has 164 valence electrons. The van der Waals surface area contributed by atoms with Gasteiger partial charge >= 0.3 is 0 Å². The van der Waals surface area contributed by atoms with Crippen LogP contribution in [0.5, 0.6) is 0 Å². The van der Waals surface area contributed by atoms with Gasteiger partial charge in [-0.2, -0.15) is 0 Å². The summed E-state index contributed by atoms with van der Waals surface area (Å²) in [6.45, 7) is 7.61. The second-order valence-corrected chi connectivity index (χ2v) is 10.3. The van der Waals surface area contributed by atoms with Gasteiger partial charge in [-0.05, 0) is 54.5 Å². The van der Waals surface area contributed by atoms with E-state index in [1.165, 1.54) is 15.6 Å². The zero-order valence-electron chi connectivity index (χ0n) is 18.5. The molecule has 0 bridgehead atoms. The van der Waals surface area contributed by atoms with Gasteiger partial charge in [0.2, 0.25) is 5.91 Å². The Morgan fingerprint density at radius 2 is 1.80 bits per heavy atom. The maximum absolute atomic E-state index is 12.9. The lowest BCUT2D eigenvalue weighted by Crippen LogP contribution is -2.38. The van der Waals surface area contributed by atoms with Gasteiger partial charge in [-0.3, -0.25) is 9.59 Å². The molecule has 1 aliphatic carbocycles. The number of benzene rings is 1. The van der Waals surface area contributed by atoms with Crippen molar-refractivity contribution < 1.29 is 14.3 Å². The smallest absolute Gasteiger partial charge is 0.261 e. The van der Waals surface area contributed by atoms with Gasteiger partial charge in [0.25, 0.3) is 5.91 Å². The number of ether oxygens (including phenoxy) is 1. The number of thiophene rings is 1. The van der Waals surface area contributed by atoms with Crippen LogP contribution in [0.2, 0.25) is 0 Å². The summed E-state index contributed by atoms with van der Waals surface area (Å²) in [5, 5.41) is 7.32. The zero-order valence-corrected chi connectivity index (χ0v) is 19.4. The molecule has 1 aromatic carbocycles. The number of fused-ring (bicyclic) bond motifs is 1. The highest BCUT2D eigenvalue weighted by Crippen LogP contribution is 2.43. The van der Waals surface area contributed by atoms with Crippen LogP contribution in [0.4, 0.5) is 0 Å². The summed E-state index contributed by atoms with van der Waals surface area (Å²) in [7, 11) is 1.64. The van der Waals surface area contributed by atoms with E-state index in [0.717, 1.165) is 37.1 Å². The highest BCUT2D eigenvalue weighted by molar-refractivity contribution is 7.21. The fourth-order valence-corrected chi connectivity index (χ4v) is 5.35. The second kappa shape index (κ2) is 9.92. The average Bonchev–Trinajstić information content (AvgIpc) is 3.11. The molecule has 2 N–H and O–H groups in total. The molecule has 1 fully saturated rings. The van der Waals surface area contributed by atoms with E-state index in [9.17, 15) is 9.59 Å². The number of carbonyl (C=O) groups excluding carboxylic acids is 2. The van der Waals surface area contributed by atoms with Crippen LogP contribution in [0.1, 0.15) is 67.6 Å². The first kappa shape index (κ1) is 22.8. The van der Waals surface area contributed by atoms with Crippen LogP contribution in [-0.4, -0.2) is 38.6 Å². The Morgan fingerprint density at radius 1 is 1.10 bits per heavy atom. The molecule has 2 aromatic rings. The molecule has 1 aromatic heterocycles. The van der Waals surface area contributed by atoms with Crippen molar-refractivity contribution in [3.05, 3.63) is 34.7 Å². The van der Waals surface area contributed by atoms with Crippen LogP contribution in [0.15, 0.2) is 24.3 Å². The molecule has 6 heteroatoms. The molecule has 3 rings (SSSR count). The number of hydrogen-bond donors (Lipinski definition) is 2. The van der Waals surface area contributed by atoms with Crippen molar-refractivity contribution in [2.24, 2.45) is 11.3 Å². The summed E-state index contributed by atoms with van der Waals surface area (Å²) < 4.78 is 6.24. The van der Waals surface area contributed by atoms with Crippen molar-refractivity contribution in [1.82, 2.24) is 10.6 Å². The number of hydrogen-bond acceptors (Lipinski definition) is 4. The molecule has 0 radical (unpaired) electrons. The number of nitrogens with one attached hydrogen (secondary N) is 2. The number of rotatable bonds is 7. The van der Waals surface area contributed by atoms with Crippen LogP contribution in [0, 0.1) is 11.3 Å². The Labute approximate surface area is 183 Å². The molecule has 30 heavy (non-hydrogen) atoms. The van der Waals surface area contributed by atoms with Crippen molar-refractivity contribution in [3.8, 4) is 0 Å². The molecule has 1 heterocycles. The van der Waals surface area contributed by atoms with E-state index in [1.807, 2.05) is 26.8 Å². The zero-order chi connectivity index (χ0) is 21.7. The number of amides is 2. The molecule has 5 nitrogen and oxygen atoms in total. The van der Waals surface area contributed by atoms with Gasteiger partial charge in [0.15, 0.2) is 0 Å². The fourth-order valence-electron chi connectivity index (χ4n) is 4.14. The topological polar surface area (TPSA) is 67.4 Å². The predicted octanol–water partition coefficient (Wildman–Crippen LogP) is 4.71. The van der Waals surface area contributed by atoms with Gasteiger partial charge < -0.3 is 15.4 Å². The molecule has 0 saturated heterocycles. The molecule has 0 unspecified atom stereocenters. The van der Waals surface area contributed by atoms with E-state index < -0.39 is 0 Å². The lowest BCUT2D eigenvalue weighted by molar-refractivity contribution is -0.128. The van der Waals surface area contributed by atoms with Crippen LogP contribution in [0.3, 0.4) is 0 Å². The van der Waals surface area contributed by atoms with Crippen LogP contribution < -0.4 is 10.6 Å². The van der Waals surface area contributed by atoms with Crippen molar-refractivity contribution in [1.29, 1.82) is 0 Å². The standard InChI is InChI=1S/C24H34N2O3S/c1-24(2,3)23(28)26-15-16-9-11-17(12-10-16)20-18-7-5-6-8-19(18)30-21(20)22(27)25-13-14-29-4/h5-8,16-17H,9-15H2,1-4H3,(H,25,27)(H,26,28). The third-order valence-electron chi connectivity index (χ3n) is 5.92. The maximum atomic E-state index is 12.9. The first-order valence-electron chi connectivity index (χ1n) is 10.9. The predicted molar refractivity (Wildman–Crippen MR) is 123 cm³/mol. The van der Waals surface area contributed by atoms with E-state index in [-0.39, 0.29) is 17.2 Å². The van der Waals surface area contributed by atoms with Gasteiger partial charge in [-0.15, -0.1) is 11.3 Å². The molecular weight excluding hydrogens is 396 g/mol. The largest absolute Gasteiger partial charge is 0.383 e. The Morgan fingerprint density at radius 3 is 2.47 bits per heavy atom. The van der Waals surface area contributed by atoms with E-state index in [2.05, 4.69) is 28.8 Å². The molecule has 2 amide bonds. The quantitative estimate of drug-likeness (QED) is 0.625. The molecule has 0 aliphatic heterocycles. The van der Waals surface area contributed by atoms with Crippen LogP contribution >= 0.6 is 11.3 Å². The van der Waals surface area contributed by atoms with Crippen molar-refractivity contribution in [2.75, 3.05) is 26.8 Å². The van der Waals surface area contributed by atoms with Gasteiger partial charge in [0.1, 0.15) is 0 Å². The molecular formula is C24H34N2O3S. The molecule has 0 spiro atoms. The summed E-state index contributed by atoms with van der Waals surface area (Å²) in [5.74, 6) is 1.02. The summed E-state index contributed by atoms with van der Waals surface area (Å²) in [6.07, 6.45) is 4.25. The fraction of sp³-hybridized carbons (Fsp3) is 0.583. The first-order valence-corrected chi connectivity index (χ1v) is 11.7. The highest BCUT2D eigenvalue weighted by atomic mass is 32.1. The Bertz CT molecular complexity index is 876. The highest BCUT2D eigenvalue weighted by Gasteiger charge is 2.30. The average molecular weight is 431 g/mol. The van der Waals surface area contributed by atoms with E-state index in [0.29, 0.717) is 25.0 Å². The Balaban J connectivity index is 1.70. The van der Waals surface area contributed by atoms with E-state index >= 15 is 0 Å². The SMILES string of the molecule is COCCNC(=O)c1sc2ccccc2c1C1CCC(CNC(=O)C(C)(C)C)CC1. The third kappa shape index (κ3) is 5.41. The molecule has 1 saturated carbocycles. The van der Waals surface area contributed by atoms with Crippen molar-refractivity contribution in [3.63, 3.8) is 0 Å². The summed E-state index contributed by atoms with van der Waals surface area (Å²) >= 11 is 1.59. The minimum atomic E-state index is -0.349. The van der Waals surface area contributed by atoms with Crippen molar-refractivity contribution >= 4 is 33.2 Å². The summed E-state index contributed by atoms with van der Waals surface area (Å²) in [4.78, 5) is 25.9. The van der Waals surface area contributed by atoms with Gasteiger partial charge in [-0.1, -0.05) is 39.0 Å². The first-order chi connectivity index (χ1) is 14.3. The van der Waals surface area contributed by atoms with E-state index in [4.69, 9.17) is 4.74 Å². The van der Waals surface area contributed by atoms with Crippen LogP contribution in [0.25, 0.3) is 10.1 Å². The second-order valence-electron chi connectivity index (χ2n) is 9.27. The monoisotopic (exact) mass is 430 g/mol. The lowest BCUT2D eigenvalue weighted by atomic mass is 9.77. The minimum Gasteiger partial charge on any atom is -0.383 e. The summed E-state index contributed by atoms with van der Waals surface area (Å²) in [5.41, 5.74) is 0.861. The molecule has 1 aliphatic rings. The van der Waals surface area contributed by atoms with Gasteiger partial charge in [0, 0.05) is 30.3 Å². The number of methoxy groups -OCH3 is 1. The van der Waals surface area contributed by atoms with E-state index in [1.54, 1.807) is 18.4 Å². The number of carbonyl (C=O) groups is 2. The lowest BCUT2D eigenvalue weighted by Gasteiger charge is -2.30. The van der Waals surface area contributed by atoms with Crippen molar-refractivity contribution in [2.45, 2.75) is 52.4 Å². The maximum Gasteiger partial charge on any atom is 0.261 e. The van der Waals surface area contributed by atoms with Gasteiger partial charge in [0.05, 0.1) is 11.5 Å². The van der Waals surface area contributed by atoms with Gasteiger partial charge in [-0.25, -0.2) is 0 Å². The normalized spacial score (nSPS) is 19.6. The molecule has 0 atom stereocenters. The van der Waals surface area contributed by atoms with Crippen LogP contribution in [-0.2, 0) is 9.53 Å². The third-order valence-corrected chi connectivity index (χ3v) is 7.10. The summed E-state index contributed by atoms with van der Waals surface area (Å²) in [6, 6.07) is 8.33. The Kier molecular flexibility index (Phi) is 7.53. The Hall–Kier alpha value is -1.92. The minimum absolute atomic E-state index is 0.00261.